The molecule has 3 amide bonds. The maximum absolute atomic E-state index is 11.6. The van der Waals surface area contributed by atoms with E-state index < -0.39 is 84.1 Å². The van der Waals surface area contributed by atoms with E-state index in [9.17, 15) is 76.7 Å². The number of rotatable bonds is 39. The van der Waals surface area contributed by atoms with Crippen molar-refractivity contribution in [2.75, 3.05) is 24.2 Å². The van der Waals surface area contributed by atoms with Gasteiger partial charge in [-0.1, -0.05) is 133 Å². The van der Waals surface area contributed by atoms with Gasteiger partial charge in [-0.15, -0.1) is 11.8 Å². The summed E-state index contributed by atoms with van der Waals surface area (Å²) in [7, 11) is 0. The van der Waals surface area contributed by atoms with Crippen LogP contribution in [0.3, 0.4) is 0 Å². The molecule has 7 unspecified atom stereocenters. The second-order valence-corrected chi connectivity index (χ2v) is 28.8. The molecule has 0 aliphatic heterocycles. The van der Waals surface area contributed by atoms with E-state index in [2.05, 4.69) is 26.2 Å². The Hall–Kier alpha value is -13.3. The summed E-state index contributed by atoms with van der Waals surface area (Å²) in [5, 5.41) is 69.9. The second kappa shape index (κ2) is 58.6. The molecular weight excluding hydrogens is 1610 g/mol. The number of anilines is 1. The number of hydrogen-bond donors (Lipinski definition) is 17. The average Bonchev–Trinajstić information content (AvgIpc) is 0.808. The first-order valence-corrected chi connectivity index (χ1v) is 38.7. The lowest BCUT2D eigenvalue weighted by molar-refractivity contribution is -0.139. The molecule has 7 rings (SSSR count). The van der Waals surface area contributed by atoms with Crippen LogP contribution in [0.5, 0.6) is 0 Å². The first kappa shape index (κ1) is 108. The summed E-state index contributed by atoms with van der Waals surface area (Å²) in [5.41, 5.74) is 50.4. The molecule has 7 atom stereocenters. The SMILES string of the molecule is CC(=O)CC(=O)c1ccc(CC(N)C(=O)O)cc1.CC(=O)CCc1ccc(CC(N)C(=O)O)cc1.CC(=O)CNC(=O)c1ccc(CC(N)C(=O)O)cc1.CC(=O)CNc1ccc(CC(N)C(=O)O)cc1.CC(=O)CSc1ccc(CC(N)C(=O)O)cc1.CC(=O)N/N=C/c1ccc(CC(N)C(=O)O)cc1.CC(=O)N=Cc1ccc(CC(N)C(=O)O)cc1. The Morgan fingerprint density at radius 1 is 0.350 bits per heavy atom. The van der Waals surface area contributed by atoms with Gasteiger partial charge in [0.2, 0.25) is 11.8 Å². The summed E-state index contributed by atoms with van der Waals surface area (Å²) in [6, 6.07) is 42.9. The van der Waals surface area contributed by atoms with E-state index in [1.807, 2.05) is 48.5 Å². The number of hydrogen-bond acceptors (Lipinski definition) is 26. The summed E-state index contributed by atoms with van der Waals surface area (Å²) in [6.07, 6.45) is 5.99. The van der Waals surface area contributed by atoms with Crippen LogP contribution in [0.2, 0.25) is 0 Å². The van der Waals surface area contributed by atoms with Crippen LogP contribution in [0, 0.1) is 0 Å². The van der Waals surface area contributed by atoms with Crippen molar-refractivity contribution < 1.29 is 112 Å². The van der Waals surface area contributed by atoms with Gasteiger partial charge >= 0.3 is 41.8 Å². The minimum absolute atomic E-state index is 0.00945. The monoisotopic (exact) mass is 1720 g/mol. The first-order valence-electron chi connectivity index (χ1n) is 37.7. The van der Waals surface area contributed by atoms with E-state index in [-0.39, 0.29) is 97.6 Å². The lowest BCUT2D eigenvalue weighted by Crippen LogP contribution is -2.32. The van der Waals surface area contributed by atoms with Crippen LogP contribution in [0.1, 0.15) is 138 Å². The lowest BCUT2D eigenvalue weighted by atomic mass is 10.0. The number of carbonyl (C=O) groups excluding carboxylic acids is 9. The van der Waals surface area contributed by atoms with Crippen LogP contribution in [-0.2, 0) is 118 Å². The average molecular weight is 1720 g/mol. The van der Waals surface area contributed by atoms with Gasteiger partial charge in [0.1, 0.15) is 71.2 Å². The molecule has 0 saturated carbocycles. The first-order chi connectivity index (χ1) is 57.7. The quantitative estimate of drug-likeness (QED) is 0.00822. The molecular formula is C87H108N12O23S. The van der Waals surface area contributed by atoms with Gasteiger partial charge in [-0.05, 0) is 178 Å². The molecule has 24 N–H and O–H groups in total. The maximum Gasteiger partial charge on any atom is 0.320 e. The number of carbonyl (C=O) groups is 16. The highest BCUT2D eigenvalue weighted by Gasteiger charge is 2.19. The number of ketones is 6. The number of aryl methyl sites for hydroxylation is 1. The molecule has 36 heteroatoms. The van der Waals surface area contributed by atoms with Crippen LogP contribution < -0.4 is 56.2 Å². The lowest BCUT2D eigenvalue weighted by Gasteiger charge is -2.08. The summed E-state index contributed by atoms with van der Waals surface area (Å²) >= 11 is 1.47. The van der Waals surface area contributed by atoms with Gasteiger partial charge in [0, 0.05) is 48.2 Å². The highest BCUT2D eigenvalue weighted by Crippen LogP contribution is 2.20. The molecule has 660 valence electrons. The van der Waals surface area contributed by atoms with Crippen molar-refractivity contribution in [1.29, 1.82) is 0 Å². The molecule has 123 heavy (non-hydrogen) atoms. The molecule has 0 heterocycles. The summed E-state index contributed by atoms with van der Waals surface area (Å²) in [5.74, 6) is -7.76. The predicted octanol–water partition coefficient (Wildman–Crippen LogP) is 4.61. The molecule has 0 saturated heterocycles. The number of amides is 3. The number of nitrogens with two attached hydrogens (primary N) is 7. The molecule has 7 aromatic carbocycles. The number of carboxylic acids is 7. The van der Waals surface area contributed by atoms with Crippen LogP contribution in [0.4, 0.5) is 5.69 Å². The third-order valence-corrected chi connectivity index (χ3v) is 17.4. The van der Waals surface area contributed by atoms with Gasteiger partial charge in [-0.2, -0.15) is 5.10 Å². The minimum Gasteiger partial charge on any atom is -0.480 e. The number of thioether (sulfide) groups is 1. The zero-order valence-corrected chi connectivity index (χ0v) is 69.9. The summed E-state index contributed by atoms with van der Waals surface area (Å²) in [4.78, 5) is 177. The van der Waals surface area contributed by atoms with E-state index in [0.29, 0.717) is 42.6 Å². The summed E-state index contributed by atoms with van der Waals surface area (Å²) in [6.45, 7) is 10.4. The standard InChI is InChI=1S/C13H16N2O4.C13H15NO4.C13H17NO3.C12H15N3O3.C12H14N2O3.C12H16N2O3.C12H15NO3S/c1-8(16)7-15-12(17)10-4-2-9(3-5-10)6-11(14)13(18)19;1-8(15)6-12(16)10-4-2-9(3-5-10)7-11(14)13(17)18;1-9(15)2-3-10-4-6-11(7-5-10)8-12(14)13(16)17;1-8(16)15-14-7-10-4-2-9(3-5-10)6-11(13)12(17)18;1-8(15)14-7-10-4-2-9(3-5-10)6-11(13)12(16)17;1-8(15)7-14-10-4-2-9(3-5-10)6-11(13)12(16)17;1-8(14)7-17-10-4-2-9(3-5-10)6-11(13)12(15)16/h2-5,11H,6-7,14H2,1H3,(H,15,17)(H,18,19);2-5,11H,6-7,14H2,1H3,(H,17,18);4-7,12H,2-3,8,14H2,1H3,(H,16,17);2-5,7,11H,6,13H2,1H3,(H,15,16)(H,17,18);2-5,7,11H,6,13H2,1H3,(H,16,17);2-5,11,14H,6-7,13H2,1H3,(H,16,17);2-5,11H,6-7,13H2,1H3,(H,15,16)/b;;;14-7+;;;. The molecule has 0 aliphatic carbocycles. The van der Waals surface area contributed by atoms with Crippen molar-refractivity contribution in [1.82, 2.24) is 10.7 Å². The highest BCUT2D eigenvalue weighted by molar-refractivity contribution is 8.00. The Bertz CT molecular complexity index is 4520. The Morgan fingerprint density at radius 2 is 0.650 bits per heavy atom. The van der Waals surface area contributed by atoms with Crippen molar-refractivity contribution in [2.45, 2.75) is 160 Å². The molecule has 0 fully saturated rings. The number of Topliss-reactive ketones (excluding diaryl/α,β-unsaturated/α-hetero) is 6. The number of aliphatic imine (C=N–C) groups is 1. The fourth-order valence-corrected chi connectivity index (χ4v) is 10.2. The molecule has 7 aromatic rings. The van der Waals surface area contributed by atoms with Crippen LogP contribution in [0.15, 0.2) is 185 Å². The number of carboxylic acid groups (broad SMARTS) is 7. The van der Waals surface area contributed by atoms with E-state index in [1.165, 1.54) is 58.8 Å². The number of nitrogens with one attached hydrogen (secondary N) is 3. The minimum atomic E-state index is -1.07. The van der Waals surface area contributed by atoms with E-state index in [0.717, 1.165) is 72.6 Å². The maximum atomic E-state index is 11.6. The fourth-order valence-electron chi connectivity index (χ4n) is 9.54. The molecule has 35 nitrogen and oxygen atoms in total. The number of hydrazone groups is 1. The van der Waals surface area contributed by atoms with Crippen LogP contribution >= 0.6 is 11.8 Å². The molecule has 0 bridgehead atoms. The third-order valence-electron chi connectivity index (χ3n) is 16.2. The van der Waals surface area contributed by atoms with Crippen molar-refractivity contribution in [3.05, 3.63) is 237 Å². The van der Waals surface area contributed by atoms with Crippen molar-refractivity contribution >= 4 is 124 Å². The molecule has 0 radical (unpaired) electrons. The van der Waals surface area contributed by atoms with Crippen molar-refractivity contribution in [3.8, 4) is 0 Å². The molecule has 0 aromatic heterocycles. The molecule has 0 spiro atoms. The topological polar surface area (TPSA) is 658 Å². The third kappa shape index (κ3) is 51.0. The smallest absolute Gasteiger partial charge is 0.320 e. The van der Waals surface area contributed by atoms with Crippen LogP contribution in [-0.4, -0.2) is 204 Å². The Balaban J connectivity index is 0.000000718. The van der Waals surface area contributed by atoms with E-state index in [4.69, 9.17) is 75.9 Å². The van der Waals surface area contributed by atoms with Crippen LogP contribution in [0.25, 0.3) is 0 Å². The number of benzene rings is 7. The highest BCUT2D eigenvalue weighted by atomic mass is 32.2. The zero-order valence-electron chi connectivity index (χ0n) is 69.1. The Morgan fingerprint density at radius 3 is 0.951 bits per heavy atom. The van der Waals surface area contributed by atoms with E-state index in [1.54, 1.807) is 135 Å². The predicted molar refractivity (Wildman–Crippen MR) is 462 cm³/mol. The largest absolute Gasteiger partial charge is 0.480 e. The van der Waals surface area contributed by atoms with Crippen molar-refractivity contribution in [3.63, 3.8) is 0 Å². The normalized spacial score (nSPS) is 12.1. The number of aliphatic carboxylic acids is 7. The Kier molecular flexibility index (Phi) is 51.3. The van der Waals surface area contributed by atoms with Gasteiger partial charge in [-0.25, -0.2) is 10.4 Å². The number of nitrogens with zero attached hydrogens (tertiary/aromatic N) is 2. The van der Waals surface area contributed by atoms with Gasteiger partial charge in [0.25, 0.3) is 5.91 Å². The second-order valence-electron chi connectivity index (χ2n) is 27.7. The Labute approximate surface area is 714 Å². The van der Waals surface area contributed by atoms with E-state index >= 15 is 0 Å². The molecule has 0 aliphatic rings. The van der Waals surface area contributed by atoms with Gasteiger partial charge in [-0.3, -0.25) is 71.9 Å². The zero-order chi connectivity index (χ0) is 93.0. The fraction of sp³-hybridized carbons (Fsp3) is 0.310. The van der Waals surface area contributed by atoms with Crippen molar-refractivity contribution in [2.24, 2.45) is 50.2 Å². The van der Waals surface area contributed by atoms with Gasteiger partial charge in [0.05, 0.1) is 31.5 Å². The summed E-state index contributed by atoms with van der Waals surface area (Å²) < 4.78 is 0. The van der Waals surface area contributed by atoms with Gasteiger partial charge < -0.3 is 91.3 Å². The van der Waals surface area contributed by atoms with Gasteiger partial charge in [0.15, 0.2) is 5.78 Å².